The predicted molar refractivity (Wildman–Crippen MR) is 79.4 cm³/mol. The Hall–Kier alpha value is -0.670. The van der Waals surface area contributed by atoms with Crippen molar-refractivity contribution in [3.8, 4) is 5.75 Å². The molecule has 0 amide bonds. The molecule has 0 aromatic heterocycles. The maximum Gasteiger partial charge on any atom is 0.123 e. The quantitative estimate of drug-likeness (QED) is 0.816. The molecule has 0 spiro atoms. The number of nitrogens with one attached hydrogen (secondary N) is 1. The zero-order chi connectivity index (χ0) is 12.8. The SMILES string of the molecule is CCOc1ccccc1CNCC1(SC)CCC1. The lowest BCUT2D eigenvalue weighted by Crippen LogP contribution is -2.43. The number of hydrogen-bond donors (Lipinski definition) is 1. The predicted octanol–water partition coefficient (Wildman–Crippen LogP) is 3.46. The molecule has 0 heterocycles. The highest BCUT2D eigenvalue weighted by Gasteiger charge is 2.35. The summed E-state index contributed by atoms with van der Waals surface area (Å²) in [5, 5.41) is 3.59. The monoisotopic (exact) mass is 265 g/mol. The molecule has 3 heteroatoms. The summed E-state index contributed by atoms with van der Waals surface area (Å²) in [6.07, 6.45) is 6.33. The van der Waals surface area contributed by atoms with E-state index in [1.165, 1.54) is 24.8 Å². The normalized spacial score (nSPS) is 17.2. The summed E-state index contributed by atoms with van der Waals surface area (Å²) in [6, 6.07) is 8.30. The van der Waals surface area contributed by atoms with Crippen molar-refractivity contribution in [1.82, 2.24) is 5.32 Å². The van der Waals surface area contributed by atoms with Gasteiger partial charge in [-0.1, -0.05) is 24.6 Å². The molecule has 0 atom stereocenters. The highest BCUT2D eigenvalue weighted by Crippen LogP contribution is 2.42. The molecule has 1 fully saturated rings. The fraction of sp³-hybridized carbons (Fsp3) is 0.600. The molecule has 1 aliphatic carbocycles. The van der Waals surface area contributed by atoms with Crippen LogP contribution in [-0.4, -0.2) is 24.2 Å². The van der Waals surface area contributed by atoms with Crippen molar-refractivity contribution in [1.29, 1.82) is 0 Å². The first-order chi connectivity index (χ1) is 8.79. The third-order valence-corrected chi connectivity index (χ3v) is 5.15. The maximum atomic E-state index is 5.64. The Bertz CT molecular complexity index is 371. The van der Waals surface area contributed by atoms with Gasteiger partial charge < -0.3 is 10.1 Å². The van der Waals surface area contributed by atoms with E-state index < -0.39 is 0 Å². The van der Waals surface area contributed by atoms with Gasteiger partial charge in [0.1, 0.15) is 5.75 Å². The van der Waals surface area contributed by atoms with Crippen LogP contribution in [0.1, 0.15) is 31.7 Å². The summed E-state index contributed by atoms with van der Waals surface area (Å²) in [7, 11) is 0. The van der Waals surface area contributed by atoms with Crippen LogP contribution < -0.4 is 10.1 Å². The van der Waals surface area contributed by atoms with E-state index in [4.69, 9.17) is 4.74 Å². The molecule has 1 saturated carbocycles. The van der Waals surface area contributed by atoms with E-state index in [0.717, 1.165) is 25.4 Å². The van der Waals surface area contributed by atoms with Crippen LogP contribution in [0.2, 0.25) is 0 Å². The fourth-order valence-corrected chi connectivity index (χ4v) is 3.34. The first kappa shape index (κ1) is 13.8. The van der Waals surface area contributed by atoms with E-state index in [0.29, 0.717) is 4.75 Å². The second-order valence-electron chi connectivity index (χ2n) is 4.88. The second-order valence-corrected chi connectivity index (χ2v) is 6.16. The van der Waals surface area contributed by atoms with Crippen LogP contribution in [0.5, 0.6) is 5.75 Å². The Morgan fingerprint density at radius 3 is 2.72 bits per heavy atom. The Kier molecular flexibility index (Phi) is 4.95. The summed E-state index contributed by atoms with van der Waals surface area (Å²) in [5.41, 5.74) is 1.26. The van der Waals surface area contributed by atoms with Gasteiger partial charge in [0.2, 0.25) is 0 Å². The summed E-state index contributed by atoms with van der Waals surface area (Å²) in [4.78, 5) is 0. The maximum absolute atomic E-state index is 5.64. The summed E-state index contributed by atoms with van der Waals surface area (Å²) in [6.45, 7) is 4.76. The Morgan fingerprint density at radius 1 is 1.33 bits per heavy atom. The molecule has 2 rings (SSSR count). The molecule has 1 aromatic carbocycles. The highest BCUT2D eigenvalue weighted by atomic mass is 32.2. The molecular formula is C15H23NOS. The molecule has 0 aliphatic heterocycles. The summed E-state index contributed by atoms with van der Waals surface area (Å²) < 4.78 is 6.14. The van der Waals surface area contributed by atoms with Gasteiger partial charge in [-0.05, 0) is 32.1 Å². The van der Waals surface area contributed by atoms with Crippen LogP contribution in [0, 0.1) is 0 Å². The smallest absolute Gasteiger partial charge is 0.123 e. The van der Waals surface area contributed by atoms with Gasteiger partial charge in [0.25, 0.3) is 0 Å². The first-order valence-corrected chi connectivity index (χ1v) is 7.99. The minimum absolute atomic E-state index is 0.501. The van der Waals surface area contributed by atoms with E-state index in [2.05, 4.69) is 23.7 Å². The standard InChI is InChI=1S/C15H23NOS/c1-3-17-14-8-5-4-7-13(14)11-16-12-15(18-2)9-6-10-15/h4-5,7-8,16H,3,6,9-12H2,1-2H3. The van der Waals surface area contributed by atoms with E-state index in [1.807, 2.05) is 30.8 Å². The molecule has 0 bridgehead atoms. The third kappa shape index (κ3) is 3.21. The summed E-state index contributed by atoms with van der Waals surface area (Å²) >= 11 is 2.01. The molecule has 1 N–H and O–H groups in total. The van der Waals surface area contributed by atoms with Crippen molar-refractivity contribution in [2.75, 3.05) is 19.4 Å². The molecule has 100 valence electrons. The Balaban J connectivity index is 1.86. The van der Waals surface area contributed by atoms with Crippen LogP contribution in [0.3, 0.4) is 0 Å². The number of hydrogen-bond acceptors (Lipinski definition) is 3. The van der Waals surface area contributed by atoms with Crippen LogP contribution in [0.4, 0.5) is 0 Å². The lowest BCUT2D eigenvalue weighted by molar-refractivity contribution is 0.329. The van der Waals surface area contributed by atoms with E-state index >= 15 is 0 Å². The topological polar surface area (TPSA) is 21.3 Å². The van der Waals surface area contributed by atoms with Gasteiger partial charge in [0, 0.05) is 23.4 Å². The van der Waals surface area contributed by atoms with Crippen molar-refractivity contribution in [2.45, 2.75) is 37.5 Å². The number of thioether (sulfide) groups is 1. The Labute approximate surface area is 114 Å². The van der Waals surface area contributed by atoms with Crippen molar-refractivity contribution >= 4 is 11.8 Å². The van der Waals surface area contributed by atoms with Gasteiger partial charge in [0.15, 0.2) is 0 Å². The lowest BCUT2D eigenvalue weighted by Gasteiger charge is -2.40. The van der Waals surface area contributed by atoms with Crippen LogP contribution >= 0.6 is 11.8 Å². The average molecular weight is 265 g/mol. The highest BCUT2D eigenvalue weighted by molar-refractivity contribution is 8.00. The van der Waals surface area contributed by atoms with Crippen molar-refractivity contribution < 1.29 is 4.74 Å². The zero-order valence-electron chi connectivity index (χ0n) is 11.4. The van der Waals surface area contributed by atoms with Gasteiger partial charge in [-0.25, -0.2) is 0 Å². The lowest BCUT2D eigenvalue weighted by atomic mass is 9.84. The van der Waals surface area contributed by atoms with Gasteiger partial charge in [-0.2, -0.15) is 11.8 Å². The number of rotatable bonds is 7. The largest absolute Gasteiger partial charge is 0.494 e. The third-order valence-electron chi connectivity index (χ3n) is 3.73. The molecular weight excluding hydrogens is 242 g/mol. The molecule has 0 unspecified atom stereocenters. The van der Waals surface area contributed by atoms with Gasteiger partial charge >= 0.3 is 0 Å². The minimum atomic E-state index is 0.501. The van der Waals surface area contributed by atoms with Crippen LogP contribution in [-0.2, 0) is 6.54 Å². The van der Waals surface area contributed by atoms with E-state index in [1.54, 1.807) is 0 Å². The van der Waals surface area contributed by atoms with Crippen molar-refractivity contribution in [3.05, 3.63) is 29.8 Å². The molecule has 0 radical (unpaired) electrons. The molecule has 1 aliphatic rings. The minimum Gasteiger partial charge on any atom is -0.494 e. The molecule has 18 heavy (non-hydrogen) atoms. The van der Waals surface area contributed by atoms with Crippen molar-refractivity contribution in [3.63, 3.8) is 0 Å². The Morgan fingerprint density at radius 2 is 2.11 bits per heavy atom. The zero-order valence-corrected chi connectivity index (χ0v) is 12.2. The number of para-hydroxylation sites is 1. The molecule has 0 saturated heterocycles. The van der Waals surface area contributed by atoms with Crippen LogP contribution in [0.15, 0.2) is 24.3 Å². The van der Waals surface area contributed by atoms with Gasteiger partial charge in [-0.3, -0.25) is 0 Å². The number of benzene rings is 1. The fourth-order valence-electron chi connectivity index (χ4n) is 2.40. The van der Waals surface area contributed by atoms with Gasteiger partial charge in [-0.15, -0.1) is 0 Å². The average Bonchev–Trinajstić information content (AvgIpc) is 2.35. The second kappa shape index (κ2) is 6.48. The molecule has 2 nitrogen and oxygen atoms in total. The number of ether oxygens (including phenoxy) is 1. The van der Waals surface area contributed by atoms with Crippen molar-refractivity contribution in [2.24, 2.45) is 0 Å². The molecule has 1 aromatic rings. The van der Waals surface area contributed by atoms with E-state index in [9.17, 15) is 0 Å². The van der Waals surface area contributed by atoms with Crippen LogP contribution in [0.25, 0.3) is 0 Å². The van der Waals surface area contributed by atoms with Gasteiger partial charge in [0.05, 0.1) is 6.61 Å². The first-order valence-electron chi connectivity index (χ1n) is 6.76. The summed E-state index contributed by atoms with van der Waals surface area (Å²) in [5.74, 6) is 1.01. The van der Waals surface area contributed by atoms with E-state index in [-0.39, 0.29) is 0 Å².